The minimum absolute atomic E-state index is 0.00916. The summed E-state index contributed by atoms with van der Waals surface area (Å²) in [5, 5.41) is 2.73. The molecule has 0 aliphatic rings. The van der Waals surface area contributed by atoms with Crippen LogP contribution in [-0.2, 0) is 6.42 Å². The van der Waals surface area contributed by atoms with Gasteiger partial charge < -0.3 is 22.5 Å². The SMILES string of the molecule is Cc1ccccc1C[C@H](CN)CNC(=O)c1nc(Cl)c(N)nc1N. The fourth-order valence-electron chi connectivity index (χ4n) is 2.32. The molecular weight excluding hydrogens is 328 g/mol. The average molecular weight is 349 g/mol. The molecule has 0 fully saturated rings. The molecule has 0 aliphatic heterocycles. The molecule has 7 nitrogen and oxygen atoms in total. The molecule has 0 bridgehead atoms. The topological polar surface area (TPSA) is 133 Å². The van der Waals surface area contributed by atoms with Crippen LogP contribution >= 0.6 is 11.6 Å². The number of rotatable bonds is 6. The van der Waals surface area contributed by atoms with Gasteiger partial charge in [0.25, 0.3) is 5.91 Å². The lowest BCUT2D eigenvalue weighted by Gasteiger charge is -2.17. The van der Waals surface area contributed by atoms with Crippen LogP contribution in [0.3, 0.4) is 0 Å². The monoisotopic (exact) mass is 348 g/mol. The van der Waals surface area contributed by atoms with E-state index in [-0.39, 0.29) is 28.4 Å². The van der Waals surface area contributed by atoms with Crippen LogP contribution in [-0.4, -0.2) is 29.0 Å². The first-order valence-corrected chi connectivity index (χ1v) is 7.91. The minimum atomic E-state index is -0.454. The molecule has 128 valence electrons. The number of nitrogens with two attached hydrogens (primary N) is 3. The lowest BCUT2D eigenvalue weighted by molar-refractivity contribution is 0.0943. The van der Waals surface area contributed by atoms with E-state index in [4.69, 9.17) is 28.8 Å². The lowest BCUT2D eigenvalue weighted by atomic mass is 9.96. The van der Waals surface area contributed by atoms with Crippen molar-refractivity contribution in [2.24, 2.45) is 11.7 Å². The molecule has 1 aromatic heterocycles. The molecule has 1 aromatic carbocycles. The summed E-state index contributed by atoms with van der Waals surface area (Å²) >= 11 is 5.79. The standard InChI is InChI=1S/C16H21ClN6O/c1-9-4-2-3-5-11(9)6-10(7-18)8-21-16(24)12-14(19)23-15(20)13(17)22-12/h2-5,10H,6-8,18H2,1H3,(H,21,24)(H4,19,20,23)/t10-/m1/s1. The van der Waals surface area contributed by atoms with Crippen LogP contribution < -0.4 is 22.5 Å². The van der Waals surface area contributed by atoms with Crippen molar-refractivity contribution in [1.82, 2.24) is 15.3 Å². The Kier molecular flexibility index (Phi) is 5.94. The van der Waals surface area contributed by atoms with E-state index in [0.717, 1.165) is 6.42 Å². The van der Waals surface area contributed by atoms with Crippen molar-refractivity contribution in [3.05, 3.63) is 46.2 Å². The third-order valence-corrected chi connectivity index (χ3v) is 4.05. The number of anilines is 2. The summed E-state index contributed by atoms with van der Waals surface area (Å²) < 4.78 is 0. The summed E-state index contributed by atoms with van der Waals surface area (Å²) in [5.74, 6) is -0.429. The van der Waals surface area contributed by atoms with Gasteiger partial charge in [0, 0.05) is 6.54 Å². The van der Waals surface area contributed by atoms with Gasteiger partial charge in [-0.3, -0.25) is 4.79 Å². The Morgan fingerprint density at radius 1 is 1.25 bits per heavy atom. The van der Waals surface area contributed by atoms with Crippen molar-refractivity contribution < 1.29 is 4.79 Å². The van der Waals surface area contributed by atoms with Gasteiger partial charge in [0.05, 0.1) is 0 Å². The van der Waals surface area contributed by atoms with Gasteiger partial charge in [0.1, 0.15) is 0 Å². The largest absolute Gasteiger partial charge is 0.382 e. The van der Waals surface area contributed by atoms with Crippen molar-refractivity contribution in [1.29, 1.82) is 0 Å². The Morgan fingerprint density at radius 3 is 2.62 bits per heavy atom. The number of carbonyl (C=O) groups is 1. The second kappa shape index (κ2) is 7.94. The highest BCUT2D eigenvalue weighted by molar-refractivity contribution is 6.31. The van der Waals surface area contributed by atoms with Crippen LogP contribution in [0, 0.1) is 12.8 Å². The third kappa shape index (κ3) is 4.33. The average Bonchev–Trinajstić information content (AvgIpc) is 2.56. The lowest BCUT2D eigenvalue weighted by Crippen LogP contribution is -2.35. The van der Waals surface area contributed by atoms with E-state index in [1.54, 1.807) is 0 Å². The maximum atomic E-state index is 12.2. The first-order chi connectivity index (χ1) is 11.4. The van der Waals surface area contributed by atoms with Crippen LogP contribution in [0.4, 0.5) is 11.6 Å². The number of halogens is 1. The highest BCUT2D eigenvalue weighted by Crippen LogP contribution is 2.17. The maximum absolute atomic E-state index is 12.2. The molecule has 2 aromatic rings. The number of nitrogen functional groups attached to an aromatic ring is 2. The Bertz CT molecular complexity index is 737. The molecular formula is C16H21ClN6O. The summed E-state index contributed by atoms with van der Waals surface area (Å²) in [4.78, 5) is 19.9. The number of aryl methyl sites for hydroxylation is 1. The van der Waals surface area contributed by atoms with Crippen LogP contribution in [0.15, 0.2) is 24.3 Å². The number of hydrogen-bond acceptors (Lipinski definition) is 6. The Balaban J connectivity index is 2.02. The van der Waals surface area contributed by atoms with Crippen LogP contribution in [0.25, 0.3) is 0 Å². The number of nitrogens with zero attached hydrogens (tertiary/aromatic N) is 2. The molecule has 0 radical (unpaired) electrons. The van der Waals surface area contributed by atoms with E-state index in [2.05, 4.69) is 21.4 Å². The highest BCUT2D eigenvalue weighted by Gasteiger charge is 2.17. The second-order valence-corrected chi connectivity index (χ2v) is 5.93. The molecule has 0 saturated carbocycles. The van der Waals surface area contributed by atoms with Gasteiger partial charge in [-0.2, -0.15) is 0 Å². The number of benzene rings is 1. The van der Waals surface area contributed by atoms with E-state index in [9.17, 15) is 4.79 Å². The Hall–Kier alpha value is -2.38. The molecule has 1 heterocycles. The van der Waals surface area contributed by atoms with E-state index in [1.807, 2.05) is 25.1 Å². The van der Waals surface area contributed by atoms with Gasteiger partial charge in [-0.1, -0.05) is 35.9 Å². The molecule has 0 spiro atoms. The number of carbonyl (C=O) groups excluding carboxylic acids is 1. The van der Waals surface area contributed by atoms with E-state index >= 15 is 0 Å². The molecule has 0 saturated heterocycles. The van der Waals surface area contributed by atoms with Crippen LogP contribution in [0.5, 0.6) is 0 Å². The van der Waals surface area contributed by atoms with Gasteiger partial charge >= 0.3 is 0 Å². The molecule has 24 heavy (non-hydrogen) atoms. The van der Waals surface area contributed by atoms with Gasteiger partial charge in [-0.05, 0) is 36.9 Å². The predicted molar refractivity (Wildman–Crippen MR) is 95.6 cm³/mol. The van der Waals surface area contributed by atoms with Crippen molar-refractivity contribution in [3.63, 3.8) is 0 Å². The number of nitrogens with one attached hydrogen (secondary N) is 1. The van der Waals surface area contributed by atoms with Crippen molar-refractivity contribution in [3.8, 4) is 0 Å². The van der Waals surface area contributed by atoms with Crippen molar-refractivity contribution >= 4 is 29.1 Å². The fraction of sp³-hybridized carbons (Fsp3) is 0.312. The van der Waals surface area contributed by atoms with Crippen molar-refractivity contribution in [2.75, 3.05) is 24.6 Å². The molecule has 0 unspecified atom stereocenters. The van der Waals surface area contributed by atoms with E-state index in [1.165, 1.54) is 11.1 Å². The normalized spacial score (nSPS) is 12.0. The quantitative estimate of drug-likeness (QED) is 0.619. The summed E-state index contributed by atoms with van der Waals surface area (Å²) in [7, 11) is 0. The van der Waals surface area contributed by atoms with Gasteiger partial charge in [-0.25, -0.2) is 9.97 Å². The van der Waals surface area contributed by atoms with Gasteiger partial charge in [0.15, 0.2) is 22.5 Å². The zero-order valence-electron chi connectivity index (χ0n) is 13.4. The smallest absolute Gasteiger partial charge is 0.273 e. The second-order valence-electron chi connectivity index (χ2n) is 5.58. The Morgan fingerprint density at radius 2 is 1.96 bits per heavy atom. The predicted octanol–water partition coefficient (Wildman–Crippen LogP) is 1.15. The van der Waals surface area contributed by atoms with E-state index < -0.39 is 5.91 Å². The molecule has 8 heteroatoms. The Labute approximate surface area is 145 Å². The molecule has 0 aliphatic carbocycles. The third-order valence-electron chi connectivity index (χ3n) is 3.77. The number of amides is 1. The summed E-state index contributed by atoms with van der Waals surface area (Å²) in [6.07, 6.45) is 0.771. The summed E-state index contributed by atoms with van der Waals surface area (Å²) in [6, 6.07) is 8.09. The van der Waals surface area contributed by atoms with Gasteiger partial charge in [0.2, 0.25) is 0 Å². The first kappa shape index (κ1) is 18.0. The van der Waals surface area contributed by atoms with E-state index in [0.29, 0.717) is 13.1 Å². The number of aromatic nitrogens is 2. The fourth-order valence-corrected chi connectivity index (χ4v) is 2.45. The molecule has 2 rings (SSSR count). The zero-order chi connectivity index (χ0) is 17.7. The highest BCUT2D eigenvalue weighted by atomic mass is 35.5. The zero-order valence-corrected chi connectivity index (χ0v) is 14.2. The molecule has 7 N–H and O–H groups in total. The molecule has 1 atom stereocenters. The maximum Gasteiger partial charge on any atom is 0.273 e. The van der Waals surface area contributed by atoms with Gasteiger partial charge in [-0.15, -0.1) is 0 Å². The van der Waals surface area contributed by atoms with Crippen LogP contribution in [0.2, 0.25) is 5.15 Å². The first-order valence-electron chi connectivity index (χ1n) is 7.53. The summed E-state index contributed by atoms with van der Waals surface area (Å²) in [5.41, 5.74) is 19.4. The van der Waals surface area contributed by atoms with Crippen molar-refractivity contribution in [2.45, 2.75) is 13.3 Å². The summed E-state index contributed by atoms with van der Waals surface area (Å²) in [6.45, 7) is 2.89. The van der Waals surface area contributed by atoms with Crippen LogP contribution in [0.1, 0.15) is 21.6 Å². The minimum Gasteiger partial charge on any atom is -0.382 e. The number of hydrogen-bond donors (Lipinski definition) is 4. The molecule has 1 amide bonds.